The lowest BCUT2D eigenvalue weighted by Crippen LogP contribution is -2.34. The molecule has 0 radical (unpaired) electrons. The number of rotatable bonds is 7. The highest BCUT2D eigenvalue weighted by Crippen LogP contribution is 2.24. The molecule has 0 aliphatic heterocycles. The van der Waals surface area contributed by atoms with E-state index in [-0.39, 0.29) is 16.7 Å². The summed E-state index contributed by atoms with van der Waals surface area (Å²) in [6.07, 6.45) is 0.808. The van der Waals surface area contributed by atoms with Crippen LogP contribution in [0.3, 0.4) is 0 Å². The number of nitrogens with one attached hydrogen (secondary N) is 1. The Bertz CT molecular complexity index is 820. The summed E-state index contributed by atoms with van der Waals surface area (Å²) in [5.74, 6) is 0.336. The summed E-state index contributed by atoms with van der Waals surface area (Å²) in [7, 11) is 0. The van der Waals surface area contributed by atoms with Gasteiger partial charge >= 0.3 is 0 Å². The average molecular weight is 382 g/mol. The normalized spacial score (nSPS) is 12.6. The predicted octanol–water partition coefficient (Wildman–Crippen LogP) is 3.71. The van der Waals surface area contributed by atoms with Gasteiger partial charge in [-0.15, -0.1) is 0 Å². The van der Waals surface area contributed by atoms with Crippen LogP contribution in [0.15, 0.2) is 28.2 Å². The van der Waals surface area contributed by atoms with Crippen molar-refractivity contribution in [1.29, 1.82) is 0 Å². The van der Waals surface area contributed by atoms with Gasteiger partial charge in [0.25, 0.3) is 5.56 Å². The minimum absolute atomic E-state index is 0.0535. The lowest BCUT2D eigenvalue weighted by atomic mass is 10.2. The standard InChI is InChI=1S/C18H24ClN3O2S/c1-5-8-22-17(24)14-7-6-13(19)9-15(14)21-18(22)25-12(4)16(23)20-10-11(2)3/h6-7,9,11-12H,5,8,10H2,1-4H3,(H,20,23)/t12-/m1/s1. The first-order valence-electron chi connectivity index (χ1n) is 8.48. The molecule has 1 heterocycles. The Morgan fingerprint density at radius 2 is 2.08 bits per heavy atom. The molecule has 0 saturated carbocycles. The Balaban J connectivity index is 2.36. The summed E-state index contributed by atoms with van der Waals surface area (Å²) in [5, 5.41) is 4.20. The fraction of sp³-hybridized carbons (Fsp3) is 0.500. The third-order valence-corrected chi connectivity index (χ3v) is 4.99. The molecule has 0 spiro atoms. The monoisotopic (exact) mass is 381 g/mol. The number of hydrogen-bond acceptors (Lipinski definition) is 4. The van der Waals surface area contributed by atoms with Gasteiger partial charge in [-0.1, -0.05) is 44.1 Å². The topological polar surface area (TPSA) is 64.0 Å². The first-order valence-corrected chi connectivity index (χ1v) is 9.73. The van der Waals surface area contributed by atoms with Crippen LogP contribution in [0.5, 0.6) is 0 Å². The van der Waals surface area contributed by atoms with Gasteiger partial charge in [-0.2, -0.15) is 0 Å². The van der Waals surface area contributed by atoms with Crippen LogP contribution in [0, 0.1) is 5.92 Å². The zero-order valence-electron chi connectivity index (χ0n) is 15.0. The van der Waals surface area contributed by atoms with Gasteiger partial charge < -0.3 is 5.32 Å². The Kier molecular flexibility index (Phi) is 6.90. The third kappa shape index (κ3) is 4.98. The summed E-state index contributed by atoms with van der Waals surface area (Å²) >= 11 is 7.33. The molecule has 1 N–H and O–H groups in total. The quantitative estimate of drug-likeness (QED) is 0.586. The second-order valence-corrected chi connectivity index (χ2v) is 8.16. The number of carbonyl (C=O) groups is 1. The molecular weight excluding hydrogens is 358 g/mol. The number of aromatic nitrogens is 2. The van der Waals surface area contributed by atoms with Crippen molar-refractivity contribution in [3.63, 3.8) is 0 Å². The maximum absolute atomic E-state index is 12.8. The molecule has 1 atom stereocenters. The molecule has 0 saturated heterocycles. The van der Waals surface area contributed by atoms with E-state index >= 15 is 0 Å². The molecule has 0 bridgehead atoms. The van der Waals surface area contributed by atoms with E-state index in [1.165, 1.54) is 11.8 Å². The number of nitrogens with zero attached hydrogens (tertiary/aromatic N) is 2. The van der Waals surface area contributed by atoms with Crippen LogP contribution in [0.25, 0.3) is 10.9 Å². The summed E-state index contributed by atoms with van der Waals surface area (Å²) < 4.78 is 1.65. The van der Waals surface area contributed by atoms with Gasteiger partial charge in [-0.05, 0) is 37.5 Å². The van der Waals surface area contributed by atoms with Crippen LogP contribution in [0.2, 0.25) is 5.02 Å². The molecular formula is C18H24ClN3O2S. The molecule has 1 amide bonds. The van der Waals surface area contributed by atoms with Crippen molar-refractivity contribution in [3.05, 3.63) is 33.6 Å². The second-order valence-electron chi connectivity index (χ2n) is 6.41. The fourth-order valence-electron chi connectivity index (χ4n) is 2.34. The van der Waals surface area contributed by atoms with Crippen LogP contribution in [0.1, 0.15) is 34.1 Å². The molecule has 0 aliphatic rings. The van der Waals surface area contributed by atoms with Crippen molar-refractivity contribution in [3.8, 4) is 0 Å². The number of halogens is 1. The molecule has 0 aliphatic carbocycles. The van der Waals surface area contributed by atoms with Gasteiger partial charge in [0, 0.05) is 18.1 Å². The van der Waals surface area contributed by atoms with E-state index in [9.17, 15) is 9.59 Å². The molecule has 7 heteroatoms. The number of thioether (sulfide) groups is 1. The number of hydrogen-bond donors (Lipinski definition) is 1. The molecule has 0 fully saturated rings. The smallest absolute Gasteiger partial charge is 0.262 e. The highest BCUT2D eigenvalue weighted by molar-refractivity contribution is 8.00. The lowest BCUT2D eigenvalue weighted by Gasteiger charge is -2.16. The zero-order valence-corrected chi connectivity index (χ0v) is 16.6. The van der Waals surface area contributed by atoms with E-state index in [1.807, 2.05) is 27.7 Å². The maximum atomic E-state index is 12.8. The van der Waals surface area contributed by atoms with Gasteiger partial charge in [0.1, 0.15) is 0 Å². The van der Waals surface area contributed by atoms with E-state index in [0.717, 1.165) is 6.42 Å². The molecule has 25 heavy (non-hydrogen) atoms. The molecule has 2 aromatic rings. The first kappa shape index (κ1) is 19.8. The summed E-state index contributed by atoms with van der Waals surface area (Å²) in [5.41, 5.74) is 0.461. The maximum Gasteiger partial charge on any atom is 0.262 e. The third-order valence-electron chi connectivity index (χ3n) is 3.67. The van der Waals surface area contributed by atoms with Gasteiger partial charge in [0.2, 0.25) is 5.91 Å². The van der Waals surface area contributed by atoms with E-state index < -0.39 is 0 Å². The van der Waals surface area contributed by atoms with Crippen molar-refractivity contribution >= 4 is 40.2 Å². The first-order chi connectivity index (χ1) is 11.8. The SMILES string of the molecule is CCCn1c(S[C@H](C)C(=O)NCC(C)C)nc2cc(Cl)ccc2c1=O. The van der Waals surface area contributed by atoms with Gasteiger partial charge in [0.05, 0.1) is 16.2 Å². The van der Waals surface area contributed by atoms with Crippen molar-refractivity contribution in [2.45, 2.75) is 51.1 Å². The Morgan fingerprint density at radius 3 is 2.72 bits per heavy atom. The number of fused-ring (bicyclic) bond motifs is 1. The molecule has 1 aromatic carbocycles. The molecule has 136 valence electrons. The minimum Gasteiger partial charge on any atom is -0.355 e. The van der Waals surface area contributed by atoms with E-state index in [1.54, 1.807) is 22.8 Å². The van der Waals surface area contributed by atoms with Crippen LogP contribution < -0.4 is 10.9 Å². The van der Waals surface area contributed by atoms with Crippen molar-refractivity contribution in [1.82, 2.24) is 14.9 Å². The van der Waals surface area contributed by atoms with Gasteiger partial charge in [0.15, 0.2) is 5.16 Å². The zero-order chi connectivity index (χ0) is 18.6. The molecule has 5 nitrogen and oxygen atoms in total. The van der Waals surface area contributed by atoms with Crippen molar-refractivity contribution < 1.29 is 4.79 Å². The van der Waals surface area contributed by atoms with E-state index in [2.05, 4.69) is 10.3 Å². The van der Waals surface area contributed by atoms with Crippen LogP contribution >= 0.6 is 23.4 Å². The summed E-state index contributed by atoms with van der Waals surface area (Å²) in [6, 6.07) is 5.08. The molecule has 0 unspecified atom stereocenters. The Labute approximate surface area is 157 Å². The van der Waals surface area contributed by atoms with Crippen LogP contribution in [-0.2, 0) is 11.3 Å². The average Bonchev–Trinajstić information content (AvgIpc) is 2.55. The van der Waals surface area contributed by atoms with Gasteiger partial charge in [-0.25, -0.2) is 4.98 Å². The Morgan fingerprint density at radius 1 is 1.36 bits per heavy atom. The Hall–Kier alpha value is -1.53. The number of amides is 1. The van der Waals surface area contributed by atoms with Crippen LogP contribution in [0.4, 0.5) is 0 Å². The largest absolute Gasteiger partial charge is 0.355 e. The van der Waals surface area contributed by atoms with Crippen molar-refractivity contribution in [2.24, 2.45) is 5.92 Å². The highest BCUT2D eigenvalue weighted by Gasteiger charge is 2.19. The van der Waals surface area contributed by atoms with Gasteiger partial charge in [-0.3, -0.25) is 14.2 Å². The lowest BCUT2D eigenvalue weighted by molar-refractivity contribution is -0.120. The minimum atomic E-state index is -0.342. The number of benzene rings is 1. The second kappa shape index (κ2) is 8.72. The highest BCUT2D eigenvalue weighted by atomic mass is 35.5. The summed E-state index contributed by atoms with van der Waals surface area (Å²) in [4.78, 5) is 29.6. The van der Waals surface area contributed by atoms with E-state index in [4.69, 9.17) is 11.6 Å². The molecule has 2 rings (SSSR count). The van der Waals surface area contributed by atoms with E-state index in [0.29, 0.717) is 40.1 Å². The van der Waals surface area contributed by atoms with Crippen LogP contribution in [-0.4, -0.2) is 27.3 Å². The predicted molar refractivity (Wildman–Crippen MR) is 104 cm³/mol. The fourth-order valence-corrected chi connectivity index (χ4v) is 3.47. The number of carbonyl (C=O) groups excluding carboxylic acids is 1. The molecule has 1 aromatic heterocycles. The van der Waals surface area contributed by atoms with Crippen molar-refractivity contribution in [2.75, 3.05) is 6.54 Å². The summed E-state index contributed by atoms with van der Waals surface area (Å²) in [6.45, 7) is 9.12.